The maximum atomic E-state index is 11.7. The lowest BCUT2D eigenvalue weighted by atomic mass is 10.2. The second-order valence-electron chi connectivity index (χ2n) is 3.99. The van der Waals surface area contributed by atoms with Crippen molar-refractivity contribution in [1.29, 1.82) is 0 Å². The lowest BCUT2D eigenvalue weighted by Crippen LogP contribution is -2.18. The topological polar surface area (TPSA) is 52.6 Å². The number of allylic oxidation sites excluding steroid dienone is 1. The number of esters is 2. The highest BCUT2D eigenvalue weighted by Crippen LogP contribution is 2.06. The van der Waals surface area contributed by atoms with Crippen molar-refractivity contribution in [2.24, 2.45) is 0 Å². The molecule has 0 aliphatic heterocycles. The van der Waals surface area contributed by atoms with Crippen molar-refractivity contribution in [2.75, 3.05) is 6.61 Å². The molecule has 0 spiro atoms. The lowest BCUT2D eigenvalue weighted by Gasteiger charge is -2.11. The smallest absolute Gasteiger partial charge is 0.337 e. The quantitative estimate of drug-likeness (QED) is 0.508. The van der Waals surface area contributed by atoms with Crippen molar-refractivity contribution in [3.8, 4) is 0 Å². The fourth-order valence-corrected chi connectivity index (χ4v) is 1.07. The Morgan fingerprint density at radius 3 is 2.35 bits per heavy atom. The number of unbranched alkanes of at least 4 members (excludes halogenated alkanes) is 1. The van der Waals surface area contributed by atoms with E-state index in [0.717, 1.165) is 12.8 Å². The summed E-state index contributed by atoms with van der Waals surface area (Å²) in [6, 6.07) is 0. The predicted octanol–water partition coefficient (Wildman–Crippen LogP) is 2.62. The number of carbonyl (C=O) groups is 2. The van der Waals surface area contributed by atoms with Crippen LogP contribution in [0.4, 0.5) is 0 Å². The van der Waals surface area contributed by atoms with Crippen molar-refractivity contribution in [2.45, 2.75) is 53.1 Å². The summed E-state index contributed by atoms with van der Waals surface area (Å²) < 4.78 is 10.0. The van der Waals surface area contributed by atoms with Crippen LogP contribution >= 0.6 is 0 Å². The molecule has 98 valence electrons. The third-order valence-electron chi connectivity index (χ3n) is 1.96. The van der Waals surface area contributed by atoms with Crippen LogP contribution < -0.4 is 0 Å². The minimum atomic E-state index is -0.405. The minimum absolute atomic E-state index is 0.00176. The summed E-state index contributed by atoms with van der Waals surface area (Å²) in [4.78, 5) is 22.7. The van der Waals surface area contributed by atoms with Crippen LogP contribution in [0.2, 0.25) is 0 Å². The highest BCUT2D eigenvalue weighted by molar-refractivity contribution is 5.89. The molecule has 0 aliphatic rings. The molecule has 0 fully saturated rings. The first-order chi connectivity index (χ1) is 8.01. The third kappa shape index (κ3) is 7.55. The van der Waals surface area contributed by atoms with Crippen LogP contribution in [-0.2, 0) is 19.1 Å². The molecule has 0 bridgehead atoms. The van der Waals surface area contributed by atoms with E-state index in [1.54, 1.807) is 26.8 Å². The van der Waals surface area contributed by atoms with Gasteiger partial charge in [0.05, 0.1) is 11.7 Å². The van der Waals surface area contributed by atoms with Crippen LogP contribution in [-0.4, -0.2) is 24.6 Å². The highest BCUT2D eigenvalue weighted by Gasteiger charge is 2.14. The van der Waals surface area contributed by atoms with Crippen LogP contribution in [0.25, 0.3) is 0 Å². The zero-order valence-corrected chi connectivity index (χ0v) is 11.1. The number of hydrogen-bond donors (Lipinski definition) is 0. The standard InChI is InChI=1S/C13H22O4/c1-5-7-8-11(9-16-12(14)6-2)13(15)17-10(3)4/h8,10H,5-7,9H2,1-4H3. The molecule has 0 rings (SSSR count). The monoisotopic (exact) mass is 242 g/mol. The van der Waals surface area contributed by atoms with Crippen LogP contribution in [0.5, 0.6) is 0 Å². The van der Waals surface area contributed by atoms with E-state index in [4.69, 9.17) is 9.47 Å². The zero-order valence-electron chi connectivity index (χ0n) is 11.1. The van der Waals surface area contributed by atoms with Crippen molar-refractivity contribution < 1.29 is 19.1 Å². The Morgan fingerprint density at radius 1 is 1.24 bits per heavy atom. The van der Waals surface area contributed by atoms with Crippen molar-refractivity contribution >= 4 is 11.9 Å². The number of rotatable bonds is 7. The molecule has 4 nitrogen and oxygen atoms in total. The molecule has 0 radical (unpaired) electrons. The SMILES string of the molecule is CCCC=C(COC(=O)CC)C(=O)OC(C)C. The van der Waals surface area contributed by atoms with Gasteiger partial charge in [-0.2, -0.15) is 0 Å². The molecule has 0 heterocycles. The van der Waals surface area contributed by atoms with Gasteiger partial charge in [0, 0.05) is 6.42 Å². The van der Waals surface area contributed by atoms with E-state index in [1.165, 1.54) is 0 Å². The van der Waals surface area contributed by atoms with E-state index in [-0.39, 0.29) is 18.7 Å². The molecule has 0 aromatic rings. The first kappa shape index (κ1) is 15.7. The number of ether oxygens (including phenoxy) is 2. The summed E-state index contributed by atoms with van der Waals surface area (Å²) >= 11 is 0. The van der Waals surface area contributed by atoms with E-state index in [2.05, 4.69) is 0 Å². The fourth-order valence-electron chi connectivity index (χ4n) is 1.07. The molecule has 0 aliphatic carbocycles. The van der Waals surface area contributed by atoms with Gasteiger partial charge in [0.2, 0.25) is 0 Å². The summed E-state index contributed by atoms with van der Waals surface area (Å²) in [6.07, 6.45) is 3.61. The normalized spacial score (nSPS) is 11.5. The van der Waals surface area contributed by atoms with E-state index < -0.39 is 5.97 Å². The van der Waals surface area contributed by atoms with E-state index in [9.17, 15) is 9.59 Å². The molecule has 0 aromatic carbocycles. The summed E-state index contributed by atoms with van der Waals surface area (Å²) in [5.74, 6) is -0.720. The average molecular weight is 242 g/mol. The van der Waals surface area contributed by atoms with E-state index in [1.807, 2.05) is 6.92 Å². The Bertz CT molecular complexity index is 279. The van der Waals surface area contributed by atoms with Crippen molar-refractivity contribution in [3.05, 3.63) is 11.6 Å². The molecule has 0 aromatic heterocycles. The van der Waals surface area contributed by atoms with Crippen LogP contribution in [0.3, 0.4) is 0 Å². The lowest BCUT2D eigenvalue weighted by molar-refractivity contribution is -0.146. The van der Waals surface area contributed by atoms with Gasteiger partial charge >= 0.3 is 11.9 Å². The molecule has 0 unspecified atom stereocenters. The summed E-state index contributed by atoms with van der Waals surface area (Å²) in [6.45, 7) is 7.29. The number of carbonyl (C=O) groups excluding carboxylic acids is 2. The molecule has 0 saturated carbocycles. The van der Waals surface area contributed by atoms with Gasteiger partial charge in [-0.25, -0.2) is 4.79 Å². The average Bonchev–Trinajstić information content (AvgIpc) is 2.27. The van der Waals surface area contributed by atoms with Crippen molar-refractivity contribution in [3.63, 3.8) is 0 Å². The highest BCUT2D eigenvalue weighted by atomic mass is 16.6. The Balaban J connectivity index is 4.43. The molecule has 4 heteroatoms. The summed E-state index contributed by atoms with van der Waals surface area (Å²) in [5, 5.41) is 0. The number of hydrogen-bond acceptors (Lipinski definition) is 4. The van der Waals surface area contributed by atoms with Gasteiger partial charge in [0.15, 0.2) is 0 Å². The molecule has 0 amide bonds. The summed E-state index contributed by atoms with van der Waals surface area (Å²) in [5.41, 5.74) is 0.419. The first-order valence-electron chi connectivity index (χ1n) is 6.06. The van der Waals surface area contributed by atoms with Gasteiger partial charge in [-0.1, -0.05) is 26.3 Å². The summed E-state index contributed by atoms with van der Waals surface area (Å²) in [7, 11) is 0. The van der Waals surface area contributed by atoms with E-state index >= 15 is 0 Å². The van der Waals surface area contributed by atoms with Gasteiger partial charge in [-0.05, 0) is 20.3 Å². The van der Waals surface area contributed by atoms with Gasteiger partial charge in [0.1, 0.15) is 6.61 Å². The molecule has 0 atom stereocenters. The molecule has 17 heavy (non-hydrogen) atoms. The van der Waals surface area contributed by atoms with Crippen LogP contribution in [0.1, 0.15) is 47.0 Å². The molecular weight excluding hydrogens is 220 g/mol. The first-order valence-corrected chi connectivity index (χ1v) is 6.06. The third-order valence-corrected chi connectivity index (χ3v) is 1.96. The van der Waals surface area contributed by atoms with Gasteiger partial charge in [0.25, 0.3) is 0 Å². The Hall–Kier alpha value is -1.32. The second kappa shape index (κ2) is 8.79. The molecular formula is C13H22O4. The van der Waals surface area contributed by atoms with E-state index in [0.29, 0.717) is 12.0 Å². The molecule has 0 saturated heterocycles. The van der Waals surface area contributed by atoms with Crippen LogP contribution in [0.15, 0.2) is 11.6 Å². The maximum absolute atomic E-state index is 11.7. The molecule has 0 N–H and O–H groups in total. The Morgan fingerprint density at radius 2 is 1.88 bits per heavy atom. The van der Waals surface area contributed by atoms with Crippen molar-refractivity contribution in [1.82, 2.24) is 0 Å². The maximum Gasteiger partial charge on any atom is 0.337 e. The Labute approximate surface area is 103 Å². The van der Waals surface area contributed by atoms with Gasteiger partial charge < -0.3 is 9.47 Å². The van der Waals surface area contributed by atoms with Crippen LogP contribution in [0, 0.1) is 0 Å². The van der Waals surface area contributed by atoms with Gasteiger partial charge in [-0.15, -0.1) is 0 Å². The Kier molecular flexibility index (Phi) is 8.11. The fraction of sp³-hybridized carbons (Fsp3) is 0.692. The second-order valence-corrected chi connectivity index (χ2v) is 3.99. The minimum Gasteiger partial charge on any atom is -0.461 e. The largest absolute Gasteiger partial charge is 0.461 e. The predicted molar refractivity (Wildman–Crippen MR) is 65.5 cm³/mol. The van der Waals surface area contributed by atoms with Gasteiger partial charge in [-0.3, -0.25) is 4.79 Å². The zero-order chi connectivity index (χ0) is 13.3.